The van der Waals surface area contributed by atoms with Crippen LogP contribution in [0.1, 0.15) is 23.0 Å². The van der Waals surface area contributed by atoms with E-state index < -0.39 is 10.0 Å². The molecular weight excluding hydrogens is 430 g/mol. The molecule has 7 nitrogen and oxygen atoms in total. The van der Waals surface area contributed by atoms with Crippen LogP contribution in [0.15, 0.2) is 45.4 Å². The molecule has 1 aliphatic rings. The number of carbonyl (C=O) groups excluding carboxylic acids is 1. The highest BCUT2D eigenvalue weighted by molar-refractivity contribution is 7.89. The van der Waals surface area contributed by atoms with E-state index in [1.165, 1.54) is 15.6 Å². The number of sulfonamides is 1. The van der Waals surface area contributed by atoms with Crippen LogP contribution in [0.3, 0.4) is 0 Å². The van der Waals surface area contributed by atoms with E-state index in [1.807, 2.05) is 18.4 Å². The maximum absolute atomic E-state index is 13.1. The lowest BCUT2D eigenvalue weighted by atomic mass is 10.3. The zero-order valence-corrected chi connectivity index (χ0v) is 18.4. The number of thiazole rings is 1. The minimum Gasteiger partial charge on any atom is -0.335 e. The molecule has 1 fully saturated rings. The number of hydrogen-bond donors (Lipinski definition) is 0. The number of piperazine rings is 1. The Balaban J connectivity index is 1.53. The fourth-order valence-electron chi connectivity index (χ4n) is 3.48. The number of nitrogens with zero attached hydrogens (tertiary/aromatic N) is 3. The summed E-state index contributed by atoms with van der Waals surface area (Å²) in [6.45, 7) is 3.84. The fraction of sp³-hybridized carbons (Fsp3) is 0.368. The van der Waals surface area contributed by atoms with E-state index in [0.29, 0.717) is 29.2 Å². The van der Waals surface area contributed by atoms with Gasteiger partial charge in [0.25, 0.3) is 5.91 Å². The number of aryl methyl sites for hydroxylation is 1. The number of amides is 1. The van der Waals surface area contributed by atoms with E-state index in [9.17, 15) is 18.0 Å². The van der Waals surface area contributed by atoms with E-state index >= 15 is 0 Å². The van der Waals surface area contributed by atoms with E-state index in [1.54, 1.807) is 33.7 Å². The Morgan fingerprint density at radius 3 is 2.55 bits per heavy atom. The highest BCUT2D eigenvalue weighted by Crippen LogP contribution is 2.25. The lowest BCUT2D eigenvalue weighted by molar-refractivity contribution is 0.0703. The number of aromatic nitrogens is 1. The average Bonchev–Trinajstić information content (AvgIpc) is 3.36. The summed E-state index contributed by atoms with van der Waals surface area (Å²) in [5, 5.41) is 1.85. The number of hydrogen-bond acceptors (Lipinski definition) is 6. The third-order valence-corrected chi connectivity index (χ3v) is 8.68. The Morgan fingerprint density at radius 1 is 1.14 bits per heavy atom. The van der Waals surface area contributed by atoms with Crippen LogP contribution in [-0.2, 0) is 16.6 Å². The summed E-state index contributed by atoms with van der Waals surface area (Å²) in [4.78, 5) is 27.1. The van der Waals surface area contributed by atoms with Crippen molar-refractivity contribution in [3.05, 3.63) is 50.3 Å². The van der Waals surface area contributed by atoms with Gasteiger partial charge in [-0.05, 0) is 36.1 Å². The SMILES string of the molecule is CCCn1c(=O)sc2cc(S(=O)(=O)N3CCN(C(=O)c4cccs4)CC3)ccc21. The van der Waals surface area contributed by atoms with Crippen molar-refractivity contribution in [1.82, 2.24) is 13.8 Å². The summed E-state index contributed by atoms with van der Waals surface area (Å²) in [5.74, 6) is -0.0551. The molecule has 3 aromatic rings. The maximum Gasteiger partial charge on any atom is 0.308 e. The highest BCUT2D eigenvalue weighted by atomic mass is 32.2. The monoisotopic (exact) mass is 451 g/mol. The summed E-state index contributed by atoms with van der Waals surface area (Å²) in [6, 6.07) is 8.48. The molecule has 0 aliphatic carbocycles. The van der Waals surface area contributed by atoms with Crippen LogP contribution in [0.5, 0.6) is 0 Å². The lowest BCUT2D eigenvalue weighted by Crippen LogP contribution is -2.50. The van der Waals surface area contributed by atoms with Gasteiger partial charge in [0.2, 0.25) is 10.0 Å². The second kappa shape index (κ2) is 8.02. The summed E-state index contributed by atoms with van der Waals surface area (Å²) in [7, 11) is -3.68. The van der Waals surface area contributed by atoms with Crippen LogP contribution < -0.4 is 4.87 Å². The second-order valence-electron chi connectivity index (χ2n) is 6.82. The second-order valence-corrected chi connectivity index (χ2v) is 10.7. The van der Waals surface area contributed by atoms with Crippen molar-refractivity contribution in [2.24, 2.45) is 0 Å². The molecule has 0 atom stereocenters. The Hall–Kier alpha value is -2.01. The van der Waals surface area contributed by atoms with Crippen molar-refractivity contribution < 1.29 is 13.2 Å². The summed E-state index contributed by atoms with van der Waals surface area (Å²) in [6.07, 6.45) is 0.834. The molecule has 1 amide bonds. The normalized spacial score (nSPS) is 15.8. The quantitative estimate of drug-likeness (QED) is 0.597. The number of benzene rings is 1. The minimum absolute atomic E-state index is 0.0551. The molecule has 10 heteroatoms. The smallest absolute Gasteiger partial charge is 0.308 e. The van der Waals surface area contributed by atoms with Gasteiger partial charge in [-0.3, -0.25) is 14.2 Å². The van der Waals surface area contributed by atoms with Crippen LogP contribution in [0.25, 0.3) is 10.2 Å². The Morgan fingerprint density at radius 2 is 1.90 bits per heavy atom. The number of thiophene rings is 1. The molecule has 1 aliphatic heterocycles. The molecule has 1 aromatic carbocycles. The summed E-state index contributed by atoms with van der Waals surface area (Å²) < 4.78 is 30.0. The first kappa shape index (κ1) is 20.3. The molecule has 0 spiro atoms. The van der Waals surface area contributed by atoms with Crippen LogP contribution >= 0.6 is 22.7 Å². The van der Waals surface area contributed by atoms with Crippen molar-refractivity contribution in [3.8, 4) is 0 Å². The Bertz CT molecular complexity index is 1190. The van der Waals surface area contributed by atoms with Gasteiger partial charge in [-0.15, -0.1) is 11.3 Å². The molecule has 0 N–H and O–H groups in total. The lowest BCUT2D eigenvalue weighted by Gasteiger charge is -2.33. The predicted molar refractivity (Wildman–Crippen MR) is 115 cm³/mol. The van der Waals surface area contributed by atoms with E-state index in [4.69, 9.17) is 0 Å². The average molecular weight is 452 g/mol. The van der Waals surface area contributed by atoms with E-state index in [2.05, 4.69) is 0 Å². The molecule has 2 aromatic heterocycles. The van der Waals surface area contributed by atoms with E-state index in [-0.39, 0.29) is 28.8 Å². The van der Waals surface area contributed by atoms with Gasteiger partial charge in [-0.2, -0.15) is 4.31 Å². The van der Waals surface area contributed by atoms with Crippen molar-refractivity contribution >= 4 is 48.8 Å². The molecule has 0 unspecified atom stereocenters. The first-order valence-electron chi connectivity index (χ1n) is 9.38. The van der Waals surface area contributed by atoms with Crippen LogP contribution in [0, 0.1) is 0 Å². The fourth-order valence-corrected chi connectivity index (χ4v) is 6.65. The molecule has 29 heavy (non-hydrogen) atoms. The molecule has 1 saturated heterocycles. The van der Waals surface area contributed by atoms with Gasteiger partial charge in [0.1, 0.15) is 0 Å². The first-order chi connectivity index (χ1) is 13.9. The van der Waals surface area contributed by atoms with Crippen molar-refractivity contribution in [2.45, 2.75) is 24.8 Å². The Kier molecular flexibility index (Phi) is 5.60. The van der Waals surface area contributed by atoms with Gasteiger partial charge in [0.15, 0.2) is 0 Å². The van der Waals surface area contributed by atoms with E-state index in [0.717, 1.165) is 23.3 Å². The molecular formula is C19H21N3O4S3. The highest BCUT2D eigenvalue weighted by Gasteiger charge is 2.31. The predicted octanol–water partition coefficient (Wildman–Crippen LogP) is 2.68. The van der Waals surface area contributed by atoms with Gasteiger partial charge < -0.3 is 4.90 Å². The van der Waals surface area contributed by atoms with Crippen LogP contribution in [0.4, 0.5) is 0 Å². The van der Waals surface area contributed by atoms with Crippen molar-refractivity contribution in [1.29, 1.82) is 0 Å². The zero-order chi connectivity index (χ0) is 20.6. The number of rotatable bonds is 5. The van der Waals surface area contributed by atoms with Crippen LogP contribution in [0.2, 0.25) is 0 Å². The topological polar surface area (TPSA) is 79.7 Å². The standard InChI is InChI=1S/C19H21N3O4S3/c1-2-7-22-15-6-5-14(13-17(15)28-19(22)24)29(25,26)21-10-8-20(9-11-21)18(23)16-4-3-12-27-16/h3-6,12-13H,2,7-11H2,1H3. The zero-order valence-electron chi connectivity index (χ0n) is 15.9. The maximum atomic E-state index is 13.1. The van der Waals surface area contributed by atoms with Gasteiger partial charge in [0, 0.05) is 32.7 Å². The minimum atomic E-state index is -3.68. The van der Waals surface area contributed by atoms with Gasteiger partial charge >= 0.3 is 4.87 Å². The number of fused-ring (bicyclic) bond motifs is 1. The molecule has 0 radical (unpaired) electrons. The largest absolute Gasteiger partial charge is 0.335 e. The molecule has 0 saturated carbocycles. The number of carbonyl (C=O) groups is 1. The van der Waals surface area contributed by atoms with Crippen molar-refractivity contribution in [3.63, 3.8) is 0 Å². The molecule has 0 bridgehead atoms. The van der Waals surface area contributed by atoms with Gasteiger partial charge in [0.05, 0.1) is 20.0 Å². The van der Waals surface area contributed by atoms with Crippen LogP contribution in [-0.4, -0.2) is 54.3 Å². The van der Waals surface area contributed by atoms with Crippen molar-refractivity contribution in [2.75, 3.05) is 26.2 Å². The first-order valence-corrected chi connectivity index (χ1v) is 12.5. The summed E-state index contributed by atoms with van der Waals surface area (Å²) in [5.41, 5.74) is 0.771. The third-order valence-electron chi connectivity index (χ3n) is 4.98. The third kappa shape index (κ3) is 3.77. The molecule has 4 rings (SSSR count). The van der Waals surface area contributed by atoms with Gasteiger partial charge in [-0.1, -0.05) is 24.3 Å². The molecule has 3 heterocycles. The Labute approximate surface area is 176 Å². The molecule has 154 valence electrons. The van der Waals surface area contributed by atoms with Gasteiger partial charge in [-0.25, -0.2) is 8.42 Å². The summed E-state index contributed by atoms with van der Waals surface area (Å²) >= 11 is 2.46.